The minimum atomic E-state index is -0.748. The standard InChI is InChI=1S/C25H21BrFN3O2S/c26-19-8-12-21(13-9-19)28-23(31)14-22-24(32)30(16-17-4-2-1-3-5-17)25(33)29(22)15-18-6-10-20(27)11-7-18/h1-13,22H,14-16H2,(H,28,31). The van der Waals surface area contributed by atoms with E-state index in [0.717, 1.165) is 15.6 Å². The molecule has 0 aromatic heterocycles. The average Bonchev–Trinajstić information content (AvgIpc) is 3.02. The van der Waals surface area contributed by atoms with Crippen molar-refractivity contribution in [1.82, 2.24) is 9.80 Å². The summed E-state index contributed by atoms with van der Waals surface area (Å²) in [5.41, 5.74) is 2.38. The van der Waals surface area contributed by atoms with Gasteiger partial charge < -0.3 is 10.2 Å². The number of benzene rings is 3. The van der Waals surface area contributed by atoms with Crippen LogP contribution in [0, 0.1) is 5.82 Å². The van der Waals surface area contributed by atoms with E-state index in [1.165, 1.54) is 17.0 Å². The first-order valence-electron chi connectivity index (χ1n) is 10.4. The van der Waals surface area contributed by atoms with Gasteiger partial charge in [-0.15, -0.1) is 0 Å². The highest BCUT2D eigenvalue weighted by molar-refractivity contribution is 9.10. The topological polar surface area (TPSA) is 52.7 Å². The summed E-state index contributed by atoms with van der Waals surface area (Å²) in [6.45, 7) is 0.621. The van der Waals surface area contributed by atoms with Gasteiger partial charge in [-0.1, -0.05) is 58.4 Å². The first-order valence-corrected chi connectivity index (χ1v) is 11.6. The molecule has 4 rings (SSSR count). The van der Waals surface area contributed by atoms with Crippen LogP contribution in [0.1, 0.15) is 17.5 Å². The molecule has 33 heavy (non-hydrogen) atoms. The van der Waals surface area contributed by atoms with Crippen molar-refractivity contribution in [3.8, 4) is 0 Å². The monoisotopic (exact) mass is 525 g/mol. The van der Waals surface area contributed by atoms with Crippen molar-refractivity contribution in [2.24, 2.45) is 0 Å². The number of nitrogens with zero attached hydrogens (tertiary/aromatic N) is 2. The Labute approximate surface area is 205 Å². The van der Waals surface area contributed by atoms with Gasteiger partial charge in [0.2, 0.25) is 5.91 Å². The van der Waals surface area contributed by atoms with Gasteiger partial charge in [0, 0.05) is 16.7 Å². The summed E-state index contributed by atoms with van der Waals surface area (Å²) < 4.78 is 14.3. The van der Waals surface area contributed by atoms with Crippen molar-refractivity contribution in [2.75, 3.05) is 5.32 Å². The van der Waals surface area contributed by atoms with Gasteiger partial charge in [-0.2, -0.15) is 0 Å². The van der Waals surface area contributed by atoms with E-state index in [0.29, 0.717) is 23.9 Å². The highest BCUT2D eigenvalue weighted by Gasteiger charge is 2.43. The number of halogens is 2. The Hall–Kier alpha value is -3.10. The zero-order valence-electron chi connectivity index (χ0n) is 17.6. The van der Waals surface area contributed by atoms with E-state index >= 15 is 0 Å². The lowest BCUT2D eigenvalue weighted by atomic mass is 10.1. The number of amides is 2. The molecule has 0 bridgehead atoms. The Morgan fingerprint density at radius 2 is 1.58 bits per heavy atom. The second kappa shape index (κ2) is 10.2. The normalized spacial score (nSPS) is 15.8. The van der Waals surface area contributed by atoms with Crippen LogP contribution in [-0.4, -0.2) is 32.8 Å². The van der Waals surface area contributed by atoms with E-state index in [1.54, 1.807) is 29.2 Å². The van der Waals surface area contributed by atoms with E-state index in [-0.39, 0.29) is 24.1 Å². The van der Waals surface area contributed by atoms with Gasteiger partial charge in [0.15, 0.2) is 5.11 Å². The maximum atomic E-state index is 13.4. The summed E-state index contributed by atoms with van der Waals surface area (Å²) in [4.78, 5) is 29.4. The van der Waals surface area contributed by atoms with E-state index < -0.39 is 6.04 Å². The predicted molar refractivity (Wildman–Crippen MR) is 133 cm³/mol. The maximum Gasteiger partial charge on any atom is 0.252 e. The minimum Gasteiger partial charge on any atom is -0.332 e. The molecule has 1 heterocycles. The van der Waals surface area contributed by atoms with Crippen LogP contribution in [0.25, 0.3) is 0 Å². The number of carbonyl (C=O) groups excluding carboxylic acids is 2. The lowest BCUT2D eigenvalue weighted by Gasteiger charge is -2.24. The molecule has 0 saturated carbocycles. The molecule has 1 N–H and O–H groups in total. The van der Waals surface area contributed by atoms with Crippen molar-refractivity contribution in [1.29, 1.82) is 0 Å². The highest BCUT2D eigenvalue weighted by Crippen LogP contribution is 2.26. The van der Waals surface area contributed by atoms with Crippen LogP contribution in [0.3, 0.4) is 0 Å². The molecule has 1 unspecified atom stereocenters. The van der Waals surface area contributed by atoms with Crippen molar-refractivity contribution in [3.05, 3.63) is 100 Å². The third-order valence-corrected chi connectivity index (χ3v) is 6.34. The van der Waals surface area contributed by atoms with Crippen LogP contribution in [0.2, 0.25) is 0 Å². The number of nitrogens with one attached hydrogen (secondary N) is 1. The average molecular weight is 526 g/mol. The van der Waals surface area contributed by atoms with Gasteiger partial charge in [-0.25, -0.2) is 4.39 Å². The molecule has 1 atom stereocenters. The molecule has 2 amide bonds. The molecule has 1 fully saturated rings. The van der Waals surface area contributed by atoms with Crippen molar-refractivity contribution < 1.29 is 14.0 Å². The Balaban J connectivity index is 1.55. The van der Waals surface area contributed by atoms with Crippen LogP contribution in [0.15, 0.2) is 83.3 Å². The first-order chi connectivity index (χ1) is 15.9. The zero-order valence-corrected chi connectivity index (χ0v) is 20.0. The maximum absolute atomic E-state index is 13.4. The third-order valence-electron chi connectivity index (χ3n) is 5.36. The van der Waals surface area contributed by atoms with Gasteiger partial charge in [0.1, 0.15) is 11.9 Å². The summed E-state index contributed by atoms with van der Waals surface area (Å²) in [6.07, 6.45) is -0.0540. The van der Waals surface area contributed by atoms with Crippen LogP contribution < -0.4 is 5.32 Å². The van der Waals surface area contributed by atoms with E-state index in [1.807, 2.05) is 42.5 Å². The number of thiocarbonyl (C=S) groups is 1. The van der Waals surface area contributed by atoms with Crippen LogP contribution in [0.4, 0.5) is 10.1 Å². The van der Waals surface area contributed by atoms with Gasteiger partial charge in [0.05, 0.1) is 13.0 Å². The molecule has 3 aromatic carbocycles. The van der Waals surface area contributed by atoms with Crippen molar-refractivity contribution >= 4 is 50.8 Å². The van der Waals surface area contributed by atoms with E-state index in [9.17, 15) is 14.0 Å². The van der Waals surface area contributed by atoms with E-state index in [2.05, 4.69) is 21.2 Å². The Morgan fingerprint density at radius 3 is 2.24 bits per heavy atom. The number of carbonyl (C=O) groups is 2. The Kier molecular flexibility index (Phi) is 7.15. The largest absolute Gasteiger partial charge is 0.332 e. The van der Waals surface area contributed by atoms with Crippen molar-refractivity contribution in [3.63, 3.8) is 0 Å². The SMILES string of the molecule is O=C(CC1C(=O)N(Cc2ccccc2)C(=S)N1Cc1ccc(F)cc1)Nc1ccc(Br)cc1. The molecule has 0 aliphatic carbocycles. The second-order valence-electron chi connectivity index (χ2n) is 7.72. The Morgan fingerprint density at radius 1 is 0.939 bits per heavy atom. The number of rotatable bonds is 7. The Bertz CT molecular complexity index is 1160. The van der Waals surface area contributed by atoms with Gasteiger partial charge in [-0.05, 0) is 59.7 Å². The fraction of sp³-hybridized carbons (Fsp3) is 0.160. The summed E-state index contributed by atoms with van der Waals surface area (Å²) in [5, 5.41) is 3.19. The fourth-order valence-electron chi connectivity index (χ4n) is 3.69. The third kappa shape index (κ3) is 5.64. The molecule has 1 aliphatic heterocycles. The van der Waals surface area contributed by atoms with Crippen LogP contribution in [0.5, 0.6) is 0 Å². The van der Waals surface area contributed by atoms with Gasteiger partial charge in [0.25, 0.3) is 5.91 Å². The lowest BCUT2D eigenvalue weighted by molar-refractivity contribution is -0.131. The zero-order chi connectivity index (χ0) is 23.4. The summed E-state index contributed by atoms with van der Waals surface area (Å²) in [6, 6.07) is 22.1. The molecule has 0 spiro atoms. The summed E-state index contributed by atoms with van der Waals surface area (Å²) in [7, 11) is 0. The molecular weight excluding hydrogens is 505 g/mol. The minimum absolute atomic E-state index is 0.0540. The van der Waals surface area contributed by atoms with Crippen LogP contribution in [-0.2, 0) is 22.7 Å². The number of hydrogen-bond donors (Lipinski definition) is 1. The molecular formula is C25H21BrFN3O2S. The van der Waals surface area contributed by atoms with E-state index in [4.69, 9.17) is 12.2 Å². The van der Waals surface area contributed by atoms with Gasteiger partial charge in [-0.3, -0.25) is 14.5 Å². The first kappa shape index (κ1) is 23.1. The predicted octanol–water partition coefficient (Wildman–Crippen LogP) is 5.11. The molecule has 0 radical (unpaired) electrons. The van der Waals surface area contributed by atoms with Crippen molar-refractivity contribution in [2.45, 2.75) is 25.6 Å². The molecule has 1 saturated heterocycles. The molecule has 168 valence electrons. The molecule has 5 nitrogen and oxygen atoms in total. The second-order valence-corrected chi connectivity index (χ2v) is 9.00. The summed E-state index contributed by atoms with van der Waals surface area (Å²) in [5.74, 6) is -0.851. The molecule has 3 aromatic rings. The quantitative estimate of drug-likeness (QED) is 0.435. The lowest BCUT2D eigenvalue weighted by Crippen LogP contribution is -2.37. The fourth-order valence-corrected chi connectivity index (χ4v) is 4.30. The molecule has 1 aliphatic rings. The van der Waals surface area contributed by atoms with Gasteiger partial charge >= 0.3 is 0 Å². The number of anilines is 1. The molecule has 8 heteroatoms. The smallest absolute Gasteiger partial charge is 0.252 e. The highest BCUT2D eigenvalue weighted by atomic mass is 79.9. The number of hydrogen-bond acceptors (Lipinski definition) is 3. The van der Waals surface area contributed by atoms with Crippen LogP contribution >= 0.6 is 28.1 Å². The summed E-state index contributed by atoms with van der Waals surface area (Å²) >= 11 is 9.02.